The van der Waals surface area contributed by atoms with Crippen LogP contribution in [0.15, 0.2) is 24.3 Å². The quantitative estimate of drug-likeness (QED) is 0.875. The van der Waals surface area contributed by atoms with Crippen LogP contribution in [0.25, 0.3) is 0 Å². The summed E-state index contributed by atoms with van der Waals surface area (Å²) in [4.78, 5) is 26.6. The molecular weight excluding hydrogens is 326 g/mol. The Hall–Kier alpha value is -1.59. The molecular formula is C18H26ClN3O2. The van der Waals surface area contributed by atoms with Gasteiger partial charge < -0.3 is 16.0 Å². The smallest absolute Gasteiger partial charge is 0.254 e. The van der Waals surface area contributed by atoms with Crippen molar-refractivity contribution in [2.45, 2.75) is 38.6 Å². The predicted octanol–water partition coefficient (Wildman–Crippen LogP) is 2.66. The van der Waals surface area contributed by atoms with E-state index < -0.39 is 0 Å². The van der Waals surface area contributed by atoms with E-state index in [-0.39, 0.29) is 36.2 Å². The normalized spacial score (nSPS) is 23.3. The van der Waals surface area contributed by atoms with Crippen molar-refractivity contribution in [3.8, 4) is 0 Å². The van der Waals surface area contributed by atoms with E-state index in [4.69, 9.17) is 5.73 Å². The maximum Gasteiger partial charge on any atom is 0.254 e. The Morgan fingerprint density at radius 2 is 2.04 bits per heavy atom. The lowest BCUT2D eigenvalue weighted by atomic mass is 9.92. The van der Waals surface area contributed by atoms with Crippen molar-refractivity contribution in [1.82, 2.24) is 4.90 Å². The molecule has 3 rings (SSSR count). The van der Waals surface area contributed by atoms with Crippen molar-refractivity contribution in [1.29, 1.82) is 0 Å². The van der Waals surface area contributed by atoms with Crippen LogP contribution in [0.5, 0.6) is 0 Å². The molecule has 0 bridgehead atoms. The maximum absolute atomic E-state index is 12.8. The maximum atomic E-state index is 12.8. The van der Waals surface area contributed by atoms with Gasteiger partial charge in [-0.15, -0.1) is 12.4 Å². The Balaban J connectivity index is 0.00000208. The first-order valence-corrected chi connectivity index (χ1v) is 8.50. The second-order valence-electron chi connectivity index (χ2n) is 6.86. The van der Waals surface area contributed by atoms with Crippen molar-refractivity contribution >= 4 is 29.9 Å². The fraction of sp³-hybridized carbons (Fsp3) is 0.556. The summed E-state index contributed by atoms with van der Waals surface area (Å²) in [5.41, 5.74) is 7.17. The highest BCUT2D eigenvalue weighted by Gasteiger charge is 2.31. The molecule has 1 aromatic rings. The van der Waals surface area contributed by atoms with Gasteiger partial charge in [0.2, 0.25) is 5.91 Å². The lowest BCUT2D eigenvalue weighted by Crippen LogP contribution is -2.49. The molecule has 1 aromatic carbocycles. The summed E-state index contributed by atoms with van der Waals surface area (Å²) in [6.45, 7) is 3.45. The Labute approximate surface area is 149 Å². The van der Waals surface area contributed by atoms with E-state index in [0.717, 1.165) is 32.2 Å². The van der Waals surface area contributed by atoms with Crippen molar-refractivity contribution in [2.75, 3.05) is 18.4 Å². The molecule has 5 nitrogen and oxygen atoms in total. The van der Waals surface area contributed by atoms with E-state index in [1.54, 1.807) is 12.1 Å². The summed E-state index contributed by atoms with van der Waals surface area (Å²) >= 11 is 0. The number of benzene rings is 1. The molecule has 1 aliphatic heterocycles. The van der Waals surface area contributed by atoms with Crippen molar-refractivity contribution < 1.29 is 9.59 Å². The summed E-state index contributed by atoms with van der Waals surface area (Å²) in [6.07, 6.45) is 3.91. The van der Waals surface area contributed by atoms with E-state index in [2.05, 4.69) is 12.2 Å². The Bertz CT molecular complexity index is 604. The van der Waals surface area contributed by atoms with Crippen LogP contribution in [0.2, 0.25) is 0 Å². The van der Waals surface area contributed by atoms with E-state index in [1.165, 1.54) is 0 Å². The minimum Gasteiger partial charge on any atom is -0.334 e. The fourth-order valence-corrected chi connectivity index (χ4v) is 3.23. The number of hydrogen-bond donors (Lipinski definition) is 2. The first-order valence-electron chi connectivity index (χ1n) is 8.50. The van der Waals surface area contributed by atoms with Gasteiger partial charge in [0.05, 0.1) is 0 Å². The molecule has 2 fully saturated rings. The molecule has 0 radical (unpaired) electrons. The highest BCUT2D eigenvalue weighted by atomic mass is 35.5. The molecule has 2 amide bonds. The fourth-order valence-electron chi connectivity index (χ4n) is 3.23. The zero-order chi connectivity index (χ0) is 16.4. The molecule has 1 heterocycles. The lowest BCUT2D eigenvalue weighted by molar-refractivity contribution is -0.117. The van der Waals surface area contributed by atoms with Gasteiger partial charge >= 0.3 is 0 Å². The molecule has 132 valence electrons. The van der Waals surface area contributed by atoms with Crippen molar-refractivity contribution in [2.24, 2.45) is 17.6 Å². The molecule has 1 saturated heterocycles. The number of hydrogen-bond acceptors (Lipinski definition) is 3. The molecule has 1 aliphatic carbocycles. The largest absolute Gasteiger partial charge is 0.334 e. The van der Waals surface area contributed by atoms with E-state index >= 15 is 0 Å². The Kier molecular flexibility index (Phi) is 6.24. The van der Waals surface area contributed by atoms with Gasteiger partial charge in [0, 0.05) is 36.3 Å². The van der Waals surface area contributed by atoms with Crippen LogP contribution in [-0.2, 0) is 4.79 Å². The minimum atomic E-state index is 0. The third-order valence-electron chi connectivity index (χ3n) is 4.84. The lowest BCUT2D eigenvalue weighted by Gasteiger charge is -2.38. The number of likely N-dealkylation sites (tertiary alicyclic amines) is 1. The van der Waals surface area contributed by atoms with Crippen LogP contribution >= 0.6 is 12.4 Å². The van der Waals surface area contributed by atoms with Gasteiger partial charge in [-0.3, -0.25) is 9.59 Å². The van der Waals surface area contributed by atoms with Gasteiger partial charge in [-0.1, -0.05) is 13.0 Å². The average Bonchev–Trinajstić information content (AvgIpc) is 3.39. The van der Waals surface area contributed by atoms with Gasteiger partial charge in [0.25, 0.3) is 5.91 Å². The van der Waals surface area contributed by atoms with E-state index in [0.29, 0.717) is 23.7 Å². The number of nitrogens with zero attached hydrogens (tertiary/aromatic N) is 1. The zero-order valence-corrected chi connectivity index (χ0v) is 14.8. The van der Waals surface area contributed by atoms with Crippen molar-refractivity contribution in [3.63, 3.8) is 0 Å². The molecule has 6 heteroatoms. The van der Waals surface area contributed by atoms with Crippen LogP contribution in [0, 0.1) is 11.8 Å². The van der Waals surface area contributed by atoms with E-state index in [9.17, 15) is 9.59 Å². The first-order chi connectivity index (χ1) is 11.1. The highest BCUT2D eigenvalue weighted by molar-refractivity contribution is 5.98. The molecule has 2 unspecified atom stereocenters. The number of piperidine rings is 1. The molecule has 1 saturated carbocycles. The van der Waals surface area contributed by atoms with Gasteiger partial charge in [0.1, 0.15) is 0 Å². The van der Waals surface area contributed by atoms with Gasteiger partial charge in [-0.25, -0.2) is 0 Å². The summed E-state index contributed by atoms with van der Waals surface area (Å²) in [5, 5.41) is 2.90. The molecule has 2 atom stereocenters. The standard InChI is InChI=1S/C18H25N3O2.ClH/c1-12-7-8-21(16(9-12)11-19)18(23)14-3-2-4-15(10-14)20-17(22)13-5-6-13;/h2-4,10,12-13,16H,5-9,11,19H2,1H3,(H,20,22);1H. The number of anilines is 1. The van der Waals surface area contributed by atoms with E-state index in [1.807, 2.05) is 17.0 Å². The number of nitrogens with two attached hydrogens (primary N) is 1. The summed E-state index contributed by atoms with van der Waals surface area (Å²) in [6, 6.07) is 7.33. The third kappa shape index (κ3) is 4.28. The highest BCUT2D eigenvalue weighted by Crippen LogP contribution is 2.30. The van der Waals surface area contributed by atoms with Gasteiger partial charge in [-0.05, 0) is 49.8 Å². The van der Waals surface area contributed by atoms with Crippen LogP contribution in [0.4, 0.5) is 5.69 Å². The SMILES string of the molecule is CC1CCN(C(=O)c2cccc(NC(=O)C3CC3)c2)C(CN)C1.Cl. The number of carbonyl (C=O) groups is 2. The topological polar surface area (TPSA) is 75.4 Å². The number of carbonyl (C=O) groups excluding carboxylic acids is 2. The zero-order valence-electron chi connectivity index (χ0n) is 14.0. The summed E-state index contributed by atoms with van der Waals surface area (Å²) < 4.78 is 0. The molecule has 0 spiro atoms. The number of amides is 2. The molecule has 0 aromatic heterocycles. The third-order valence-corrected chi connectivity index (χ3v) is 4.84. The first kappa shape index (κ1) is 18.7. The van der Waals surface area contributed by atoms with Crippen LogP contribution in [0.1, 0.15) is 43.0 Å². The van der Waals surface area contributed by atoms with Crippen molar-refractivity contribution in [3.05, 3.63) is 29.8 Å². The number of rotatable bonds is 4. The second kappa shape index (κ2) is 7.99. The van der Waals surface area contributed by atoms with Gasteiger partial charge in [-0.2, -0.15) is 0 Å². The van der Waals surface area contributed by atoms with Crippen LogP contribution < -0.4 is 11.1 Å². The molecule has 3 N–H and O–H groups in total. The number of halogens is 1. The Morgan fingerprint density at radius 1 is 1.29 bits per heavy atom. The minimum absolute atomic E-state index is 0. The number of nitrogens with one attached hydrogen (secondary N) is 1. The second-order valence-corrected chi connectivity index (χ2v) is 6.86. The molecule has 24 heavy (non-hydrogen) atoms. The average molecular weight is 352 g/mol. The van der Waals surface area contributed by atoms with Gasteiger partial charge in [0.15, 0.2) is 0 Å². The summed E-state index contributed by atoms with van der Waals surface area (Å²) in [5.74, 6) is 0.826. The molecule has 2 aliphatic rings. The van der Waals surface area contributed by atoms with Crippen LogP contribution in [-0.4, -0.2) is 35.8 Å². The monoisotopic (exact) mass is 351 g/mol. The predicted molar refractivity (Wildman–Crippen MR) is 97.3 cm³/mol. The Morgan fingerprint density at radius 3 is 2.71 bits per heavy atom. The summed E-state index contributed by atoms with van der Waals surface area (Å²) in [7, 11) is 0. The van der Waals surface area contributed by atoms with Crippen LogP contribution in [0.3, 0.4) is 0 Å².